The van der Waals surface area contributed by atoms with Gasteiger partial charge in [0.2, 0.25) is 11.8 Å². The first-order valence-corrected chi connectivity index (χ1v) is 12.6. The molecule has 1 heterocycles. The number of imide groups is 1. The third kappa shape index (κ3) is 4.15. The first-order chi connectivity index (χ1) is 18.1. The number of carbonyl (C=O) groups excluding carboxylic acids is 2. The summed E-state index contributed by atoms with van der Waals surface area (Å²) in [7, 11) is 0. The molecule has 2 amide bonds. The molecule has 37 heavy (non-hydrogen) atoms. The lowest BCUT2D eigenvalue weighted by Gasteiger charge is -2.32. The van der Waals surface area contributed by atoms with Crippen molar-refractivity contribution in [3.63, 3.8) is 0 Å². The predicted octanol–water partition coefficient (Wildman–Crippen LogP) is 7.03. The number of ether oxygens (including phenoxy) is 1. The summed E-state index contributed by atoms with van der Waals surface area (Å²) in [6.07, 6.45) is 4.23. The second kappa shape index (κ2) is 9.55. The van der Waals surface area contributed by atoms with E-state index in [-0.39, 0.29) is 23.7 Å². The highest BCUT2D eigenvalue weighted by atomic mass is 16.5. The molecule has 1 aliphatic carbocycles. The lowest BCUT2D eigenvalue weighted by molar-refractivity contribution is -0.122. The van der Waals surface area contributed by atoms with E-state index in [9.17, 15) is 9.59 Å². The molecule has 0 radical (unpaired) electrons. The van der Waals surface area contributed by atoms with E-state index in [0.717, 1.165) is 22.4 Å². The molecule has 182 valence electrons. The summed E-state index contributed by atoms with van der Waals surface area (Å²) in [4.78, 5) is 29.3. The lowest BCUT2D eigenvalue weighted by Crippen LogP contribution is -2.31. The van der Waals surface area contributed by atoms with Crippen LogP contribution in [-0.2, 0) is 9.59 Å². The minimum atomic E-state index is -0.465. The Morgan fingerprint density at radius 1 is 0.595 bits per heavy atom. The molecule has 1 aliphatic heterocycles. The molecule has 0 spiro atoms. The van der Waals surface area contributed by atoms with Gasteiger partial charge in [0, 0.05) is 11.8 Å². The van der Waals surface area contributed by atoms with Gasteiger partial charge in [-0.2, -0.15) is 0 Å². The molecule has 0 saturated carbocycles. The van der Waals surface area contributed by atoms with Crippen LogP contribution < -0.4 is 9.64 Å². The normalized spacial score (nSPS) is 22.7. The van der Waals surface area contributed by atoms with E-state index in [0.29, 0.717) is 11.4 Å². The summed E-state index contributed by atoms with van der Waals surface area (Å²) in [5, 5.41) is 0. The number of aryl methyl sites for hydroxylation is 1. The number of anilines is 1. The maximum Gasteiger partial charge on any atom is 0.238 e. The minimum Gasteiger partial charge on any atom is -0.457 e. The van der Waals surface area contributed by atoms with Gasteiger partial charge in [0.25, 0.3) is 0 Å². The van der Waals surface area contributed by atoms with Gasteiger partial charge in [-0.25, -0.2) is 4.90 Å². The third-order valence-corrected chi connectivity index (χ3v) is 7.48. The Morgan fingerprint density at radius 3 is 1.59 bits per heavy atom. The Balaban J connectivity index is 1.35. The molecule has 4 aromatic rings. The lowest BCUT2D eigenvalue weighted by atomic mass is 9.68. The molecule has 0 bridgehead atoms. The highest BCUT2D eigenvalue weighted by Crippen LogP contribution is 2.50. The molecule has 0 N–H and O–H groups in total. The topological polar surface area (TPSA) is 46.6 Å². The van der Waals surface area contributed by atoms with Crippen LogP contribution in [0.3, 0.4) is 0 Å². The minimum absolute atomic E-state index is 0.151. The maximum absolute atomic E-state index is 14.0. The van der Waals surface area contributed by atoms with Crippen molar-refractivity contribution in [3.05, 3.63) is 138 Å². The zero-order chi connectivity index (χ0) is 25.4. The van der Waals surface area contributed by atoms with Crippen LogP contribution >= 0.6 is 0 Å². The maximum atomic E-state index is 14.0. The van der Waals surface area contributed by atoms with Gasteiger partial charge >= 0.3 is 0 Å². The molecular weight excluding hydrogens is 458 g/mol. The molecule has 4 heteroatoms. The van der Waals surface area contributed by atoms with E-state index in [1.54, 1.807) is 12.1 Å². The number of nitrogens with zero attached hydrogens (tertiary/aromatic N) is 1. The number of allylic oxidation sites excluding steroid dienone is 2. The summed E-state index contributed by atoms with van der Waals surface area (Å²) < 4.78 is 6.03. The predicted molar refractivity (Wildman–Crippen MR) is 145 cm³/mol. The number of hydrogen-bond acceptors (Lipinski definition) is 3. The summed E-state index contributed by atoms with van der Waals surface area (Å²) >= 11 is 0. The zero-order valence-electron chi connectivity index (χ0n) is 20.5. The molecule has 1 saturated heterocycles. The SMILES string of the molecule is Cc1ccccc1Oc1ccc(N2C(=O)[C@@H]3[C@H](C2=O)[C@H](c2ccccc2)C=C[C@H]3c2ccccc2)cc1. The Hall–Kier alpha value is -4.44. The number of benzene rings is 4. The van der Waals surface area contributed by atoms with Gasteiger partial charge in [0.15, 0.2) is 0 Å². The molecule has 4 atom stereocenters. The van der Waals surface area contributed by atoms with E-state index in [2.05, 4.69) is 12.2 Å². The smallest absolute Gasteiger partial charge is 0.238 e. The Bertz CT molecular complexity index is 1390. The van der Waals surface area contributed by atoms with Crippen LogP contribution in [0.2, 0.25) is 0 Å². The highest BCUT2D eigenvalue weighted by molar-refractivity contribution is 6.23. The second-order valence-electron chi connectivity index (χ2n) is 9.68. The highest BCUT2D eigenvalue weighted by Gasteiger charge is 2.55. The quantitative estimate of drug-likeness (QED) is 0.225. The Labute approximate surface area is 216 Å². The summed E-state index contributed by atoms with van der Waals surface area (Å²) in [5.74, 6) is -0.116. The van der Waals surface area contributed by atoms with Crippen molar-refractivity contribution in [1.82, 2.24) is 0 Å². The van der Waals surface area contributed by atoms with Crippen molar-refractivity contribution in [2.75, 3.05) is 4.90 Å². The van der Waals surface area contributed by atoms with Crippen molar-refractivity contribution >= 4 is 17.5 Å². The molecule has 0 unspecified atom stereocenters. The van der Waals surface area contributed by atoms with Gasteiger partial charge in [-0.15, -0.1) is 0 Å². The van der Waals surface area contributed by atoms with Gasteiger partial charge in [-0.05, 0) is 53.9 Å². The zero-order valence-corrected chi connectivity index (χ0v) is 20.5. The fourth-order valence-corrected chi connectivity index (χ4v) is 5.65. The van der Waals surface area contributed by atoms with Crippen molar-refractivity contribution in [1.29, 1.82) is 0 Å². The first-order valence-electron chi connectivity index (χ1n) is 12.6. The summed E-state index contributed by atoms with van der Waals surface area (Å²) in [6.45, 7) is 1.99. The summed E-state index contributed by atoms with van der Waals surface area (Å²) in [6, 6.07) is 35.0. The fraction of sp³-hybridized carbons (Fsp3) is 0.152. The Kier molecular flexibility index (Phi) is 5.93. The van der Waals surface area contributed by atoms with E-state index >= 15 is 0 Å². The average molecular weight is 486 g/mol. The van der Waals surface area contributed by atoms with Gasteiger partial charge < -0.3 is 4.74 Å². The number of para-hydroxylation sites is 1. The average Bonchev–Trinajstić information content (AvgIpc) is 3.21. The molecule has 6 rings (SSSR count). The number of rotatable bonds is 5. The number of amides is 2. The molecule has 0 aromatic heterocycles. The first kappa shape index (κ1) is 23.0. The van der Waals surface area contributed by atoms with Gasteiger partial charge in [-0.3, -0.25) is 9.59 Å². The van der Waals surface area contributed by atoms with Crippen LogP contribution in [0.1, 0.15) is 28.5 Å². The van der Waals surface area contributed by atoms with E-state index in [4.69, 9.17) is 4.74 Å². The molecule has 2 aliphatic rings. The Morgan fingerprint density at radius 2 is 1.08 bits per heavy atom. The number of carbonyl (C=O) groups is 2. The van der Waals surface area contributed by atoms with Crippen LogP contribution in [0.25, 0.3) is 0 Å². The van der Waals surface area contributed by atoms with Crippen LogP contribution in [0.15, 0.2) is 121 Å². The van der Waals surface area contributed by atoms with Crippen LogP contribution in [0.4, 0.5) is 5.69 Å². The molecule has 4 aromatic carbocycles. The van der Waals surface area contributed by atoms with Gasteiger partial charge in [-0.1, -0.05) is 91.0 Å². The van der Waals surface area contributed by atoms with Gasteiger partial charge in [0.1, 0.15) is 11.5 Å². The number of hydrogen-bond donors (Lipinski definition) is 0. The van der Waals surface area contributed by atoms with Crippen molar-refractivity contribution in [2.45, 2.75) is 18.8 Å². The van der Waals surface area contributed by atoms with Gasteiger partial charge in [0.05, 0.1) is 17.5 Å². The van der Waals surface area contributed by atoms with E-state index < -0.39 is 11.8 Å². The standard InChI is InChI=1S/C33H27NO3/c1-22-10-8-9-15-29(22)37-26-18-16-25(17-19-26)34-32(35)30-27(23-11-4-2-5-12-23)20-21-28(31(30)33(34)36)24-13-6-3-7-14-24/h2-21,27-28,30-31H,1H3/t27-,28-,30-,31+/m0/s1. The molecule has 4 nitrogen and oxygen atoms in total. The van der Waals surface area contributed by atoms with Crippen LogP contribution in [-0.4, -0.2) is 11.8 Å². The van der Waals surface area contributed by atoms with E-state index in [1.165, 1.54) is 4.90 Å². The largest absolute Gasteiger partial charge is 0.457 e. The third-order valence-electron chi connectivity index (χ3n) is 7.48. The molecule has 1 fully saturated rings. The summed E-state index contributed by atoms with van der Waals surface area (Å²) in [5.41, 5.74) is 3.70. The monoisotopic (exact) mass is 485 g/mol. The fourth-order valence-electron chi connectivity index (χ4n) is 5.65. The van der Waals surface area contributed by atoms with E-state index in [1.807, 2.05) is 104 Å². The van der Waals surface area contributed by atoms with Crippen molar-refractivity contribution < 1.29 is 14.3 Å². The number of fused-ring (bicyclic) bond motifs is 1. The van der Waals surface area contributed by atoms with Crippen molar-refractivity contribution in [3.8, 4) is 11.5 Å². The van der Waals surface area contributed by atoms with Crippen LogP contribution in [0, 0.1) is 18.8 Å². The van der Waals surface area contributed by atoms with Crippen molar-refractivity contribution in [2.24, 2.45) is 11.8 Å². The molecular formula is C33H27NO3. The van der Waals surface area contributed by atoms with Crippen LogP contribution in [0.5, 0.6) is 11.5 Å². The second-order valence-corrected chi connectivity index (χ2v) is 9.68.